The smallest absolute Gasteiger partial charge is 0.254 e. The summed E-state index contributed by atoms with van der Waals surface area (Å²) in [6.45, 7) is 6.15. The maximum atomic E-state index is 12.3. The van der Waals surface area contributed by atoms with Crippen LogP contribution in [0.25, 0.3) is 0 Å². The van der Waals surface area contributed by atoms with E-state index >= 15 is 0 Å². The maximum absolute atomic E-state index is 12.3. The van der Waals surface area contributed by atoms with Crippen LogP contribution >= 0.6 is 0 Å². The van der Waals surface area contributed by atoms with Crippen molar-refractivity contribution in [2.45, 2.75) is 26.4 Å². The van der Waals surface area contributed by atoms with Gasteiger partial charge in [0.25, 0.3) is 5.91 Å². The molecule has 0 bridgehead atoms. The fourth-order valence-corrected chi connectivity index (χ4v) is 2.11. The van der Waals surface area contributed by atoms with Gasteiger partial charge in [-0.1, -0.05) is 24.6 Å². The first-order valence-electron chi connectivity index (χ1n) is 6.18. The van der Waals surface area contributed by atoms with Crippen LogP contribution in [-0.2, 0) is 4.74 Å². The molecule has 0 radical (unpaired) electrons. The number of amides is 1. The van der Waals surface area contributed by atoms with E-state index in [0.717, 1.165) is 17.5 Å². The molecule has 3 heteroatoms. The molecule has 1 amide bonds. The molecule has 2 rings (SSSR count). The molecule has 1 atom stereocenters. The van der Waals surface area contributed by atoms with Crippen LogP contribution in [0.5, 0.6) is 0 Å². The van der Waals surface area contributed by atoms with Gasteiger partial charge in [-0.2, -0.15) is 0 Å². The summed E-state index contributed by atoms with van der Waals surface area (Å²) in [5.74, 6) is 0.121. The summed E-state index contributed by atoms with van der Waals surface area (Å²) >= 11 is 0. The second-order valence-corrected chi connectivity index (χ2v) is 4.52. The average molecular weight is 233 g/mol. The van der Waals surface area contributed by atoms with Gasteiger partial charge in [-0.25, -0.2) is 0 Å². The topological polar surface area (TPSA) is 29.5 Å². The highest BCUT2D eigenvalue weighted by Crippen LogP contribution is 2.13. The Morgan fingerprint density at radius 3 is 3.06 bits per heavy atom. The van der Waals surface area contributed by atoms with Gasteiger partial charge in [-0.05, 0) is 25.5 Å². The van der Waals surface area contributed by atoms with Gasteiger partial charge in [0.1, 0.15) is 0 Å². The summed E-state index contributed by atoms with van der Waals surface area (Å²) in [7, 11) is 0. The van der Waals surface area contributed by atoms with Gasteiger partial charge in [0.05, 0.1) is 12.7 Å². The second-order valence-electron chi connectivity index (χ2n) is 4.52. The standard InChI is InChI=1S/C14H19NO2/c1-3-13-10-15(7-8-17-13)14(16)12-6-4-5-11(2)9-12/h4-6,9,13H,3,7-8,10H2,1-2H3. The van der Waals surface area contributed by atoms with Crippen LogP contribution in [-0.4, -0.2) is 36.6 Å². The molecule has 0 aromatic heterocycles. The highest BCUT2D eigenvalue weighted by atomic mass is 16.5. The lowest BCUT2D eigenvalue weighted by Gasteiger charge is -2.32. The molecular weight excluding hydrogens is 214 g/mol. The fraction of sp³-hybridized carbons (Fsp3) is 0.500. The molecular formula is C14H19NO2. The van der Waals surface area contributed by atoms with Gasteiger partial charge in [0, 0.05) is 18.7 Å². The van der Waals surface area contributed by atoms with Crippen molar-refractivity contribution in [2.24, 2.45) is 0 Å². The van der Waals surface area contributed by atoms with Crippen LogP contribution in [0.2, 0.25) is 0 Å². The monoisotopic (exact) mass is 233 g/mol. The van der Waals surface area contributed by atoms with E-state index in [-0.39, 0.29) is 12.0 Å². The van der Waals surface area contributed by atoms with Crippen molar-refractivity contribution in [3.8, 4) is 0 Å². The van der Waals surface area contributed by atoms with E-state index in [2.05, 4.69) is 6.92 Å². The van der Waals surface area contributed by atoms with Crippen molar-refractivity contribution in [3.63, 3.8) is 0 Å². The molecule has 1 saturated heterocycles. The van der Waals surface area contributed by atoms with Crippen molar-refractivity contribution < 1.29 is 9.53 Å². The molecule has 92 valence electrons. The second kappa shape index (κ2) is 5.32. The number of nitrogens with zero attached hydrogens (tertiary/aromatic N) is 1. The Hall–Kier alpha value is -1.35. The zero-order valence-electron chi connectivity index (χ0n) is 10.5. The van der Waals surface area contributed by atoms with Gasteiger partial charge in [0.15, 0.2) is 0 Å². The molecule has 1 aliphatic heterocycles. The van der Waals surface area contributed by atoms with Crippen LogP contribution < -0.4 is 0 Å². The predicted molar refractivity (Wildman–Crippen MR) is 67.1 cm³/mol. The molecule has 1 unspecified atom stereocenters. The predicted octanol–water partition coefficient (Wildman–Crippen LogP) is 2.25. The summed E-state index contributed by atoms with van der Waals surface area (Å²) in [4.78, 5) is 14.2. The van der Waals surface area contributed by atoms with Crippen molar-refractivity contribution in [1.82, 2.24) is 4.90 Å². The number of carbonyl (C=O) groups is 1. The Bertz CT molecular complexity index is 403. The van der Waals surface area contributed by atoms with Crippen LogP contribution in [0.15, 0.2) is 24.3 Å². The lowest BCUT2D eigenvalue weighted by atomic mass is 10.1. The zero-order chi connectivity index (χ0) is 12.3. The molecule has 0 N–H and O–H groups in total. The van der Waals surface area contributed by atoms with E-state index in [9.17, 15) is 4.79 Å². The Labute approximate surface area is 102 Å². The van der Waals surface area contributed by atoms with Crippen LogP contribution in [0.3, 0.4) is 0 Å². The van der Waals surface area contributed by atoms with E-state index in [1.54, 1.807) is 0 Å². The molecule has 0 aliphatic carbocycles. The Morgan fingerprint density at radius 2 is 2.35 bits per heavy atom. The summed E-state index contributed by atoms with van der Waals surface area (Å²) < 4.78 is 5.57. The molecule has 0 spiro atoms. The first-order valence-corrected chi connectivity index (χ1v) is 6.18. The Kier molecular flexibility index (Phi) is 3.79. The quantitative estimate of drug-likeness (QED) is 0.784. The third-order valence-corrected chi connectivity index (χ3v) is 3.15. The lowest BCUT2D eigenvalue weighted by molar-refractivity contribution is -0.0226. The summed E-state index contributed by atoms with van der Waals surface area (Å²) in [5, 5.41) is 0. The van der Waals surface area contributed by atoms with Crippen molar-refractivity contribution in [2.75, 3.05) is 19.7 Å². The number of aryl methyl sites for hydroxylation is 1. The summed E-state index contributed by atoms with van der Waals surface area (Å²) in [6.07, 6.45) is 1.15. The van der Waals surface area contributed by atoms with Gasteiger partial charge in [-0.15, -0.1) is 0 Å². The molecule has 0 saturated carbocycles. The van der Waals surface area contributed by atoms with Crippen molar-refractivity contribution in [1.29, 1.82) is 0 Å². The largest absolute Gasteiger partial charge is 0.375 e. The number of rotatable bonds is 2. The minimum atomic E-state index is 0.121. The molecule has 17 heavy (non-hydrogen) atoms. The Balaban J connectivity index is 2.09. The number of ether oxygens (including phenoxy) is 1. The molecule has 1 heterocycles. The van der Waals surface area contributed by atoms with E-state index in [4.69, 9.17) is 4.74 Å². The van der Waals surface area contributed by atoms with Crippen LogP contribution in [0.1, 0.15) is 29.3 Å². The zero-order valence-corrected chi connectivity index (χ0v) is 10.5. The van der Waals surface area contributed by atoms with Crippen LogP contribution in [0, 0.1) is 6.92 Å². The highest BCUT2D eigenvalue weighted by Gasteiger charge is 2.23. The number of morpholine rings is 1. The SMILES string of the molecule is CCC1CN(C(=O)c2cccc(C)c2)CCO1. The van der Waals surface area contributed by atoms with Gasteiger partial charge >= 0.3 is 0 Å². The number of hydrogen-bond acceptors (Lipinski definition) is 2. The third kappa shape index (κ3) is 2.86. The van der Waals surface area contributed by atoms with Gasteiger partial charge in [0.2, 0.25) is 0 Å². The highest BCUT2D eigenvalue weighted by molar-refractivity contribution is 5.94. The average Bonchev–Trinajstić information content (AvgIpc) is 2.38. The minimum absolute atomic E-state index is 0.121. The fourth-order valence-electron chi connectivity index (χ4n) is 2.11. The first kappa shape index (κ1) is 12.1. The minimum Gasteiger partial charge on any atom is -0.375 e. The maximum Gasteiger partial charge on any atom is 0.254 e. The Morgan fingerprint density at radius 1 is 1.53 bits per heavy atom. The molecule has 1 aromatic carbocycles. The summed E-state index contributed by atoms with van der Waals surface area (Å²) in [5.41, 5.74) is 1.90. The summed E-state index contributed by atoms with van der Waals surface area (Å²) in [6, 6.07) is 7.76. The normalized spacial score (nSPS) is 20.4. The molecule has 3 nitrogen and oxygen atoms in total. The van der Waals surface area contributed by atoms with Gasteiger partial charge in [-0.3, -0.25) is 4.79 Å². The number of carbonyl (C=O) groups excluding carboxylic acids is 1. The first-order chi connectivity index (χ1) is 8.20. The van der Waals surface area contributed by atoms with Crippen molar-refractivity contribution in [3.05, 3.63) is 35.4 Å². The number of hydrogen-bond donors (Lipinski definition) is 0. The molecule has 1 aliphatic rings. The van der Waals surface area contributed by atoms with Gasteiger partial charge < -0.3 is 9.64 Å². The van der Waals surface area contributed by atoms with Crippen LogP contribution in [0.4, 0.5) is 0 Å². The third-order valence-electron chi connectivity index (χ3n) is 3.15. The molecule has 1 aromatic rings. The van der Waals surface area contributed by atoms with E-state index in [1.807, 2.05) is 36.1 Å². The van der Waals surface area contributed by atoms with Crippen molar-refractivity contribution >= 4 is 5.91 Å². The number of benzene rings is 1. The van der Waals surface area contributed by atoms with E-state index in [1.165, 1.54) is 0 Å². The van der Waals surface area contributed by atoms with E-state index in [0.29, 0.717) is 19.7 Å². The van der Waals surface area contributed by atoms with E-state index < -0.39 is 0 Å². The lowest BCUT2D eigenvalue weighted by Crippen LogP contribution is -2.45. The molecule has 1 fully saturated rings.